The van der Waals surface area contributed by atoms with E-state index in [1.165, 1.54) is 0 Å². The molecule has 1 aliphatic rings. The van der Waals surface area contributed by atoms with Crippen molar-refractivity contribution in [2.24, 2.45) is 5.92 Å². The Morgan fingerprint density at radius 1 is 1.45 bits per heavy atom. The highest BCUT2D eigenvalue weighted by atomic mass is 32.1. The van der Waals surface area contributed by atoms with Crippen molar-refractivity contribution < 1.29 is 9.90 Å². The lowest BCUT2D eigenvalue weighted by Crippen LogP contribution is -2.41. The highest BCUT2D eigenvalue weighted by Gasteiger charge is 2.36. The number of hydrogen-bond acceptors (Lipinski definition) is 5. The van der Waals surface area contributed by atoms with Crippen LogP contribution in [0.5, 0.6) is 0 Å². The normalized spacial score (nSPS) is 21.9. The van der Waals surface area contributed by atoms with Crippen LogP contribution in [-0.2, 0) is 11.2 Å². The lowest BCUT2D eigenvalue weighted by molar-refractivity contribution is -0.123. The van der Waals surface area contributed by atoms with Crippen LogP contribution in [0.1, 0.15) is 35.9 Å². The molecule has 0 radical (unpaired) electrons. The summed E-state index contributed by atoms with van der Waals surface area (Å²) in [5.41, 5.74) is 0.824. The van der Waals surface area contributed by atoms with E-state index in [1.54, 1.807) is 29.9 Å². The van der Waals surface area contributed by atoms with E-state index in [-0.39, 0.29) is 18.1 Å². The lowest BCUT2D eigenvalue weighted by Gasteiger charge is -2.37. The van der Waals surface area contributed by atoms with Crippen molar-refractivity contribution in [3.05, 3.63) is 46.7 Å². The number of carbonyl (C=O) groups excluding carboxylic acids is 1. The van der Waals surface area contributed by atoms with Gasteiger partial charge in [-0.05, 0) is 36.6 Å². The molecule has 1 saturated carbocycles. The van der Waals surface area contributed by atoms with Crippen LogP contribution in [-0.4, -0.2) is 27.1 Å². The first kappa shape index (κ1) is 15.1. The van der Waals surface area contributed by atoms with Gasteiger partial charge in [-0.3, -0.25) is 14.8 Å². The Kier molecular flexibility index (Phi) is 4.80. The number of aryl methyl sites for hydroxylation is 1. The molecule has 5 nitrogen and oxygen atoms in total. The maximum absolute atomic E-state index is 12.2. The molecule has 2 aromatic heterocycles. The summed E-state index contributed by atoms with van der Waals surface area (Å²) in [5, 5.41) is 14.7. The smallest absolute Gasteiger partial charge is 0.220 e. The largest absolute Gasteiger partial charge is 0.393 e. The molecule has 6 heteroatoms. The van der Waals surface area contributed by atoms with Crippen molar-refractivity contribution in [3.63, 3.8) is 0 Å². The van der Waals surface area contributed by atoms with Crippen molar-refractivity contribution in [2.75, 3.05) is 0 Å². The highest BCUT2D eigenvalue weighted by Crippen LogP contribution is 2.39. The van der Waals surface area contributed by atoms with Crippen molar-refractivity contribution in [2.45, 2.75) is 37.8 Å². The molecule has 0 spiro atoms. The average Bonchev–Trinajstić information content (AvgIpc) is 3.03. The van der Waals surface area contributed by atoms with Gasteiger partial charge >= 0.3 is 0 Å². The number of nitrogens with zero attached hydrogens (tertiary/aromatic N) is 2. The molecule has 1 amide bonds. The van der Waals surface area contributed by atoms with E-state index < -0.39 is 0 Å². The Balaban J connectivity index is 1.57. The molecule has 1 fully saturated rings. The molecule has 2 heterocycles. The van der Waals surface area contributed by atoms with Crippen LogP contribution in [0.2, 0.25) is 0 Å². The molecule has 2 aromatic rings. The zero-order valence-corrected chi connectivity index (χ0v) is 13.0. The third-order valence-corrected chi connectivity index (χ3v) is 4.97. The Labute approximate surface area is 133 Å². The number of aliphatic hydroxyl groups is 1. The predicted octanol–water partition coefficient (Wildman–Crippen LogP) is 2.10. The molecular weight excluding hydrogens is 298 g/mol. The van der Waals surface area contributed by atoms with Gasteiger partial charge in [-0.15, -0.1) is 11.3 Å². The molecular formula is C16H19N3O2S. The van der Waals surface area contributed by atoms with E-state index in [4.69, 9.17) is 0 Å². The van der Waals surface area contributed by atoms with Crippen molar-refractivity contribution in [1.82, 2.24) is 15.3 Å². The van der Waals surface area contributed by atoms with Gasteiger partial charge in [0, 0.05) is 29.9 Å². The van der Waals surface area contributed by atoms with Crippen molar-refractivity contribution >= 4 is 17.2 Å². The van der Waals surface area contributed by atoms with Crippen LogP contribution in [0.3, 0.4) is 0 Å². The van der Waals surface area contributed by atoms with Gasteiger partial charge in [0.25, 0.3) is 0 Å². The van der Waals surface area contributed by atoms with Gasteiger partial charge in [-0.1, -0.05) is 6.07 Å². The number of nitrogens with one attached hydrogen (secondary N) is 1. The van der Waals surface area contributed by atoms with Gasteiger partial charge in [0.15, 0.2) is 0 Å². The fraction of sp³-hybridized carbons (Fsp3) is 0.438. The summed E-state index contributed by atoms with van der Waals surface area (Å²) in [4.78, 5) is 21.6. The number of amides is 1. The third-order valence-electron chi connectivity index (χ3n) is 4.01. The molecule has 3 rings (SSSR count). The molecule has 1 aliphatic carbocycles. The summed E-state index contributed by atoms with van der Waals surface area (Å²) < 4.78 is 0. The standard InChI is InChI=1S/C16H19N3O2S/c20-13-8-11(9-13)16(14-2-1-7-22-14)19-15(21)4-3-12-10-17-5-6-18-12/h1-2,5-7,10-11,13,16,20H,3-4,8-9H2,(H,19,21). The molecule has 1 unspecified atom stereocenters. The Hall–Kier alpha value is -1.79. The monoisotopic (exact) mass is 317 g/mol. The van der Waals surface area contributed by atoms with E-state index in [9.17, 15) is 9.90 Å². The summed E-state index contributed by atoms with van der Waals surface area (Å²) in [6.07, 6.45) is 7.23. The SMILES string of the molecule is O=C(CCc1cnccn1)NC(c1cccs1)C1CC(O)C1. The van der Waals surface area contributed by atoms with Crippen molar-refractivity contribution in [3.8, 4) is 0 Å². The van der Waals surface area contributed by atoms with E-state index >= 15 is 0 Å². The van der Waals surface area contributed by atoms with Crippen LogP contribution in [0.15, 0.2) is 36.1 Å². The first-order chi connectivity index (χ1) is 10.7. The van der Waals surface area contributed by atoms with Crippen molar-refractivity contribution in [1.29, 1.82) is 0 Å². The zero-order valence-electron chi connectivity index (χ0n) is 12.2. The Morgan fingerprint density at radius 3 is 2.95 bits per heavy atom. The lowest BCUT2D eigenvalue weighted by atomic mass is 9.76. The Morgan fingerprint density at radius 2 is 2.32 bits per heavy atom. The number of thiophene rings is 1. The van der Waals surface area contributed by atoms with E-state index in [1.807, 2.05) is 17.5 Å². The number of aliphatic hydroxyl groups excluding tert-OH is 1. The maximum atomic E-state index is 12.2. The molecule has 116 valence electrons. The molecule has 0 saturated heterocycles. The minimum absolute atomic E-state index is 0.0118. The minimum Gasteiger partial charge on any atom is -0.393 e. The summed E-state index contributed by atoms with van der Waals surface area (Å²) in [7, 11) is 0. The number of aromatic nitrogens is 2. The van der Waals surface area contributed by atoms with Crippen LogP contribution in [0, 0.1) is 5.92 Å². The van der Waals surface area contributed by atoms with Crippen LogP contribution < -0.4 is 5.32 Å². The second-order valence-corrected chi connectivity index (χ2v) is 6.62. The van der Waals surface area contributed by atoms with E-state index in [2.05, 4.69) is 15.3 Å². The predicted molar refractivity (Wildman–Crippen MR) is 84.3 cm³/mol. The fourth-order valence-electron chi connectivity index (χ4n) is 2.74. The molecule has 0 aliphatic heterocycles. The van der Waals surface area contributed by atoms with E-state index in [0.29, 0.717) is 18.8 Å². The van der Waals surface area contributed by atoms with Crippen LogP contribution >= 0.6 is 11.3 Å². The summed E-state index contributed by atoms with van der Waals surface area (Å²) in [6, 6.07) is 4.05. The molecule has 0 aromatic carbocycles. The quantitative estimate of drug-likeness (QED) is 0.855. The molecule has 22 heavy (non-hydrogen) atoms. The number of hydrogen-bond donors (Lipinski definition) is 2. The highest BCUT2D eigenvalue weighted by molar-refractivity contribution is 7.10. The average molecular weight is 317 g/mol. The van der Waals surface area contributed by atoms with Crippen LogP contribution in [0.4, 0.5) is 0 Å². The third kappa shape index (κ3) is 3.69. The van der Waals surface area contributed by atoms with Crippen LogP contribution in [0.25, 0.3) is 0 Å². The van der Waals surface area contributed by atoms with E-state index in [0.717, 1.165) is 23.4 Å². The maximum Gasteiger partial charge on any atom is 0.220 e. The Bertz CT molecular complexity index is 597. The van der Waals surface area contributed by atoms with Gasteiger partial charge in [0.05, 0.1) is 17.8 Å². The zero-order chi connectivity index (χ0) is 15.4. The van der Waals surface area contributed by atoms with Gasteiger partial charge in [-0.2, -0.15) is 0 Å². The second kappa shape index (κ2) is 6.98. The van der Waals surface area contributed by atoms with Gasteiger partial charge in [0.1, 0.15) is 0 Å². The molecule has 0 bridgehead atoms. The number of carbonyl (C=O) groups is 1. The van der Waals surface area contributed by atoms with Gasteiger partial charge in [0.2, 0.25) is 5.91 Å². The van der Waals surface area contributed by atoms with Gasteiger partial charge < -0.3 is 10.4 Å². The fourth-order valence-corrected chi connectivity index (χ4v) is 3.61. The first-order valence-electron chi connectivity index (χ1n) is 7.48. The molecule has 1 atom stereocenters. The topological polar surface area (TPSA) is 75.1 Å². The second-order valence-electron chi connectivity index (χ2n) is 5.64. The number of rotatable bonds is 6. The first-order valence-corrected chi connectivity index (χ1v) is 8.36. The minimum atomic E-state index is -0.219. The summed E-state index contributed by atoms with van der Waals surface area (Å²) in [5.74, 6) is 0.347. The summed E-state index contributed by atoms with van der Waals surface area (Å²) in [6.45, 7) is 0. The molecule has 2 N–H and O–H groups in total. The van der Waals surface area contributed by atoms with Gasteiger partial charge in [-0.25, -0.2) is 0 Å². The summed E-state index contributed by atoms with van der Waals surface area (Å²) >= 11 is 1.65.